The highest BCUT2D eigenvalue weighted by atomic mass is 16.5. The molecule has 4 nitrogen and oxygen atoms in total. The smallest absolute Gasteiger partial charge is 0.235 e. The molecule has 0 saturated heterocycles. The average molecular weight is 275 g/mol. The van der Waals surface area contributed by atoms with Crippen LogP contribution in [0.3, 0.4) is 0 Å². The van der Waals surface area contributed by atoms with Crippen LogP contribution in [0.1, 0.15) is 50.2 Å². The molecular weight excluding hydrogens is 254 g/mol. The SMILES string of the molecule is COc1cc(C2(N=C=O)CCC2)c(OC)cc1C(C)C. The minimum absolute atomic E-state index is 0.333. The molecule has 0 atom stereocenters. The van der Waals surface area contributed by atoms with E-state index in [1.807, 2.05) is 12.1 Å². The Kier molecular flexibility index (Phi) is 4.15. The van der Waals surface area contributed by atoms with E-state index in [2.05, 4.69) is 18.8 Å². The summed E-state index contributed by atoms with van der Waals surface area (Å²) in [6.45, 7) is 4.22. The zero-order valence-electron chi connectivity index (χ0n) is 12.5. The molecule has 1 aliphatic rings. The first-order chi connectivity index (χ1) is 9.57. The van der Waals surface area contributed by atoms with Crippen molar-refractivity contribution >= 4 is 6.08 Å². The van der Waals surface area contributed by atoms with Gasteiger partial charge in [0, 0.05) is 11.1 Å². The summed E-state index contributed by atoms with van der Waals surface area (Å²) < 4.78 is 11.0. The summed E-state index contributed by atoms with van der Waals surface area (Å²) in [5.41, 5.74) is 1.55. The number of nitrogens with zero attached hydrogens (tertiary/aromatic N) is 1. The van der Waals surface area contributed by atoms with Gasteiger partial charge in [-0.1, -0.05) is 13.8 Å². The molecule has 0 unspecified atom stereocenters. The lowest BCUT2D eigenvalue weighted by Gasteiger charge is -2.38. The average Bonchev–Trinajstić information content (AvgIpc) is 2.41. The quantitative estimate of drug-likeness (QED) is 0.610. The molecular formula is C16H21NO3. The van der Waals surface area contributed by atoms with Crippen LogP contribution < -0.4 is 9.47 Å². The first kappa shape index (κ1) is 14.6. The molecule has 0 heterocycles. The molecule has 0 aromatic heterocycles. The minimum atomic E-state index is -0.476. The van der Waals surface area contributed by atoms with Crippen LogP contribution in [0.5, 0.6) is 11.5 Å². The summed E-state index contributed by atoms with van der Waals surface area (Å²) in [6.07, 6.45) is 4.47. The first-order valence-corrected chi connectivity index (χ1v) is 6.93. The second-order valence-electron chi connectivity index (χ2n) is 5.54. The topological polar surface area (TPSA) is 47.9 Å². The highest BCUT2D eigenvalue weighted by Crippen LogP contribution is 2.50. The number of hydrogen-bond acceptors (Lipinski definition) is 4. The summed E-state index contributed by atoms with van der Waals surface area (Å²) in [6, 6.07) is 3.97. The molecule has 4 heteroatoms. The van der Waals surface area contributed by atoms with E-state index in [1.54, 1.807) is 20.3 Å². The maximum Gasteiger partial charge on any atom is 0.235 e. The van der Waals surface area contributed by atoms with Gasteiger partial charge in [0.1, 0.15) is 17.0 Å². The Bertz CT molecular complexity index is 541. The number of aliphatic imine (C=N–C) groups is 1. The second-order valence-corrected chi connectivity index (χ2v) is 5.54. The van der Waals surface area contributed by atoms with Crippen molar-refractivity contribution in [2.45, 2.75) is 44.6 Å². The van der Waals surface area contributed by atoms with E-state index in [1.165, 1.54) is 0 Å². The van der Waals surface area contributed by atoms with Crippen LogP contribution in [0.25, 0.3) is 0 Å². The third-order valence-electron chi connectivity index (χ3n) is 4.12. The van der Waals surface area contributed by atoms with Gasteiger partial charge in [0.2, 0.25) is 6.08 Å². The van der Waals surface area contributed by atoms with Crippen LogP contribution in [0.15, 0.2) is 17.1 Å². The number of methoxy groups -OCH3 is 2. The van der Waals surface area contributed by atoms with Gasteiger partial charge in [-0.15, -0.1) is 0 Å². The molecule has 0 aliphatic heterocycles. The molecule has 2 rings (SSSR count). The Balaban J connectivity index is 2.60. The van der Waals surface area contributed by atoms with Gasteiger partial charge >= 0.3 is 0 Å². The fourth-order valence-corrected chi connectivity index (χ4v) is 2.78. The van der Waals surface area contributed by atoms with Crippen LogP contribution in [0, 0.1) is 0 Å². The molecule has 0 radical (unpaired) electrons. The number of rotatable bonds is 5. The molecule has 1 aromatic carbocycles. The van der Waals surface area contributed by atoms with E-state index >= 15 is 0 Å². The van der Waals surface area contributed by atoms with Crippen LogP contribution in [-0.2, 0) is 10.3 Å². The summed E-state index contributed by atoms with van der Waals surface area (Å²) >= 11 is 0. The van der Waals surface area contributed by atoms with Gasteiger partial charge in [-0.3, -0.25) is 0 Å². The van der Waals surface area contributed by atoms with Gasteiger partial charge in [-0.25, -0.2) is 4.79 Å². The maximum absolute atomic E-state index is 10.8. The molecule has 0 N–H and O–H groups in total. The fourth-order valence-electron chi connectivity index (χ4n) is 2.78. The Hall–Kier alpha value is -1.80. The van der Waals surface area contributed by atoms with Crippen LogP contribution in [-0.4, -0.2) is 20.3 Å². The molecule has 0 bridgehead atoms. The number of hydrogen-bond donors (Lipinski definition) is 0. The van der Waals surface area contributed by atoms with Gasteiger partial charge in [0.25, 0.3) is 0 Å². The predicted molar refractivity (Wildman–Crippen MR) is 77.3 cm³/mol. The van der Waals surface area contributed by atoms with E-state index in [9.17, 15) is 4.79 Å². The number of carbonyl (C=O) groups excluding carboxylic acids is 1. The largest absolute Gasteiger partial charge is 0.496 e. The Morgan fingerprint density at radius 2 is 1.85 bits per heavy atom. The van der Waals surface area contributed by atoms with Gasteiger partial charge < -0.3 is 9.47 Å². The standard InChI is InChI=1S/C16H21NO3/c1-11(2)12-8-15(20-4)13(9-14(12)19-3)16(17-10-18)6-5-7-16/h8-9,11H,5-7H2,1-4H3. The van der Waals surface area contributed by atoms with E-state index < -0.39 is 5.54 Å². The van der Waals surface area contributed by atoms with Gasteiger partial charge in [-0.2, -0.15) is 4.99 Å². The summed E-state index contributed by atoms with van der Waals surface area (Å²) in [4.78, 5) is 14.8. The molecule has 0 amide bonds. The normalized spacial score (nSPS) is 16.2. The van der Waals surface area contributed by atoms with Crippen molar-refractivity contribution in [3.63, 3.8) is 0 Å². The highest BCUT2D eigenvalue weighted by molar-refractivity contribution is 5.53. The van der Waals surface area contributed by atoms with E-state index in [0.29, 0.717) is 5.92 Å². The van der Waals surface area contributed by atoms with Gasteiger partial charge in [-0.05, 0) is 37.3 Å². The zero-order chi connectivity index (χ0) is 14.8. The van der Waals surface area contributed by atoms with Crippen LogP contribution in [0.4, 0.5) is 0 Å². The van der Waals surface area contributed by atoms with Crippen molar-refractivity contribution in [1.29, 1.82) is 0 Å². The van der Waals surface area contributed by atoms with Crippen molar-refractivity contribution in [2.75, 3.05) is 14.2 Å². The van der Waals surface area contributed by atoms with E-state index in [0.717, 1.165) is 41.9 Å². The van der Waals surface area contributed by atoms with Crippen molar-refractivity contribution in [2.24, 2.45) is 4.99 Å². The van der Waals surface area contributed by atoms with Crippen molar-refractivity contribution < 1.29 is 14.3 Å². The molecule has 1 aliphatic carbocycles. The molecule has 20 heavy (non-hydrogen) atoms. The monoisotopic (exact) mass is 275 g/mol. The molecule has 1 saturated carbocycles. The van der Waals surface area contributed by atoms with Crippen molar-refractivity contribution in [3.05, 3.63) is 23.3 Å². The zero-order valence-corrected chi connectivity index (χ0v) is 12.5. The van der Waals surface area contributed by atoms with E-state index in [4.69, 9.17) is 9.47 Å². The van der Waals surface area contributed by atoms with Gasteiger partial charge in [0.05, 0.1) is 14.2 Å². The Morgan fingerprint density at radius 1 is 1.20 bits per heavy atom. The number of isocyanates is 1. The maximum atomic E-state index is 10.8. The second kappa shape index (κ2) is 5.68. The lowest BCUT2D eigenvalue weighted by Crippen LogP contribution is -2.32. The van der Waals surface area contributed by atoms with Gasteiger partial charge in [0.15, 0.2) is 0 Å². The van der Waals surface area contributed by atoms with Crippen molar-refractivity contribution in [3.8, 4) is 11.5 Å². The Labute approximate surface area is 119 Å². The third-order valence-corrected chi connectivity index (χ3v) is 4.12. The number of ether oxygens (including phenoxy) is 2. The minimum Gasteiger partial charge on any atom is -0.496 e. The summed E-state index contributed by atoms with van der Waals surface area (Å²) in [7, 11) is 3.31. The highest BCUT2D eigenvalue weighted by Gasteiger charge is 2.41. The predicted octanol–water partition coefficient (Wildman–Crippen LogP) is 3.54. The molecule has 108 valence electrons. The first-order valence-electron chi connectivity index (χ1n) is 6.93. The molecule has 1 fully saturated rings. The fraction of sp³-hybridized carbons (Fsp3) is 0.562. The number of benzene rings is 1. The van der Waals surface area contributed by atoms with Crippen molar-refractivity contribution in [1.82, 2.24) is 0 Å². The molecule has 1 aromatic rings. The summed E-state index contributed by atoms with van der Waals surface area (Å²) in [5.74, 6) is 1.93. The third kappa shape index (κ3) is 2.32. The van der Waals surface area contributed by atoms with E-state index in [-0.39, 0.29) is 0 Å². The lowest BCUT2D eigenvalue weighted by atomic mass is 9.71. The molecule has 0 spiro atoms. The summed E-state index contributed by atoms with van der Waals surface area (Å²) in [5, 5.41) is 0. The lowest BCUT2D eigenvalue weighted by molar-refractivity contribution is 0.244. The van der Waals surface area contributed by atoms with Crippen LogP contribution >= 0.6 is 0 Å². The Morgan fingerprint density at radius 3 is 2.25 bits per heavy atom. The van der Waals surface area contributed by atoms with Crippen LogP contribution in [0.2, 0.25) is 0 Å².